The molecule has 2 rings (SSSR count). The third-order valence-electron chi connectivity index (χ3n) is 3.61. The minimum absolute atomic E-state index is 0.0515. The summed E-state index contributed by atoms with van der Waals surface area (Å²) in [7, 11) is 1.86. The molecule has 17 heavy (non-hydrogen) atoms. The van der Waals surface area contributed by atoms with Gasteiger partial charge in [-0.15, -0.1) is 0 Å². The Labute approximate surface area is 102 Å². The Hall–Kier alpha value is -1.36. The molecule has 1 aliphatic rings. The highest BCUT2D eigenvalue weighted by molar-refractivity contribution is 5.57. The highest BCUT2D eigenvalue weighted by atomic mass is 16.5. The summed E-state index contributed by atoms with van der Waals surface area (Å²) in [6.07, 6.45) is 2.76. The van der Waals surface area contributed by atoms with Crippen LogP contribution in [-0.4, -0.2) is 35.3 Å². The summed E-state index contributed by atoms with van der Waals surface area (Å²) in [6, 6.07) is 0. The van der Waals surface area contributed by atoms with Gasteiger partial charge in [-0.25, -0.2) is 9.97 Å². The van der Waals surface area contributed by atoms with Gasteiger partial charge in [-0.2, -0.15) is 0 Å². The first kappa shape index (κ1) is 12.1. The van der Waals surface area contributed by atoms with Crippen LogP contribution >= 0.6 is 0 Å². The van der Waals surface area contributed by atoms with Gasteiger partial charge in [0.05, 0.1) is 11.6 Å². The van der Waals surface area contributed by atoms with Crippen molar-refractivity contribution in [3.63, 3.8) is 0 Å². The van der Waals surface area contributed by atoms with Gasteiger partial charge in [-0.05, 0) is 27.2 Å². The fraction of sp³-hybridized carbons (Fsp3) is 0.667. The largest absolute Gasteiger partial charge is 0.376 e. The zero-order valence-electron chi connectivity index (χ0n) is 10.9. The van der Waals surface area contributed by atoms with Gasteiger partial charge in [0.1, 0.15) is 18.0 Å². The molecule has 2 heterocycles. The van der Waals surface area contributed by atoms with Crippen LogP contribution in [0.3, 0.4) is 0 Å². The number of aromatic nitrogens is 2. The van der Waals surface area contributed by atoms with E-state index in [-0.39, 0.29) is 11.6 Å². The van der Waals surface area contributed by atoms with Crippen LogP contribution in [0.4, 0.5) is 11.6 Å². The third kappa shape index (κ3) is 2.20. The molecule has 94 valence electrons. The van der Waals surface area contributed by atoms with Crippen LogP contribution < -0.4 is 10.6 Å². The van der Waals surface area contributed by atoms with E-state index in [2.05, 4.69) is 34.4 Å². The van der Waals surface area contributed by atoms with E-state index < -0.39 is 0 Å². The number of hydrogen-bond donors (Lipinski definition) is 2. The van der Waals surface area contributed by atoms with E-state index in [0.29, 0.717) is 0 Å². The van der Waals surface area contributed by atoms with Crippen LogP contribution in [-0.2, 0) is 4.74 Å². The zero-order chi connectivity index (χ0) is 12.5. The minimum Gasteiger partial charge on any atom is -0.376 e. The molecular weight excluding hydrogens is 216 g/mol. The number of nitrogens with one attached hydrogen (secondary N) is 2. The minimum atomic E-state index is -0.0515. The summed E-state index contributed by atoms with van der Waals surface area (Å²) < 4.78 is 5.62. The molecule has 0 bridgehead atoms. The molecule has 0 aliphatic carbocycles. The molecule has 0 radical (unpaired) electrons. The van der Waals surface area contributed by atoms with Crippen molar-refractivity contribution >= 4 is 11.6 Å². The standard InChI is InChI=1S/C12H20N4O/c1-8-10(13-4)14-7-15-11(8)16-12(3)5-6-17-9(12)2/h7,9H,5-6H2,1-4H3,(H2,13,14,15,16). The van der Waals surface area contributed by atoms with Crippen LogP contribution in [0.2, 0.25) is 0 Å². The number of ether oxygens (including phenoxy) is 1. The average molecular weight is 236 g/mol. The molecule has 2 atom stereocenters. The van der Waals surface area contributed by atoms with E-state index in [0.717, 1.165) is 30.2 Å². The Balaban J connectivity index is 2.24. The van der Waals surface area contributed by atoms with Gasteiger partial charge >= 0.3 is 0 Å². The lowest BCUT2D eigenvalue weighted by Gasteiger charge is -2.30. The fourth-order valence-electron chi connectivity index (χ4n) is 2.10. The Morgan fingerprint density at radius 1 is 1.41 bits per heavy atom. The van der Waals surface area contributed by atoms with Crippen molar-refractivity contribution in [2.75, 3.05) is 24.3 Å². The zero-order valence-corrected chi connectivity index (χ0v) is 10.9. The topological polar surface area (TPSA) is 59.1 Å². The fourth-order valence-corrected chi connectivity index (χ4v) is 2.10. The molecule has 1 fully saturated rings. The van der Waals surface area contributed by atoms with Gasteiger partial charge in [-0.3, -0.25) is 0 Å². The van der Waals surface area contributed by atoms with Crippen molar-refractivity contribution < 1.29 is 4.74 Å². The average Bonchev–Trinajstić information content (AvgIpc) is 2.62. The van der Waals surface area contributed by atoms with Crippen molar-refractivity contribution in [2.45, 2.75) is 38.8 Å². The summed E-state index contributed by atoms with van der Waals surface area (Å²) in [5.74, 6) is 1.74. The normalized spacial score (nSPS) is 28.1. The molecule has 2 N–H and O–H groups in total. The smallest absolute Gasteiger partial charge is 0.134 e. The predicted octanol–water partition coefficient (Wildman–Crippen LogP) is 1.81. The molecule has 1 aliphatic heterocycles. The van der Waals surface area contributed by atoms with Gasteiger partial charge < -0.3 is 15.4 Å². The van der Waals surface area contributed by atoms with Crippen LogP contribution in [0, 0.1) is 6.92 Å². The van der Waals surface area contributed by atoms with Crippen LogP contribution in [0.5, 0.6) is 0 Å². The molecule has 1 saturated heterocycles. The van der Waals surface area contributed by atoms with Crippen molar-refractivity contribution in [2.24, 2.45) is 0 Å². The molecule has 1 aromatic rings. The summed E-state index contributed by atoms with van der Waals surface area (Å²) >= 11 is 0. The van der Waals surface area contributed by atoms with Crippen molar-refractivity contribution in [3.05, 3.63) is 11.9 Å². The highest BCUT2D eigenvalue weighted by Gasteiger charge is 2.37. The molecule has 0 aromatic carbocycles. The molecule has 0 amide bonds. The summed E-state index contributed by atoms with van der Waals surface area (Å²) in [4.78, 5) is 8.49. The molecule has 0 saturated carbocycles. The Kier molecular flexibility index (Phi) is 3.19. The summed E-state index contributed by atoms with van der Waals surface area (Å²) in [6.45, 7) is 7.08. The van der Waals surface area contributed by atoms with Crippen molar-refractivity contribution in [3.8, 4) is 0 Å². The highest BCUT2D eigenvalue weighted by Crippen LogP contribution is 2.30. The van der Waals surface area contributed by atoms with Gasteiger partial charge in [-0.1, -0.05) is 0 Å². The van der Waals surface area contributed by atoms with Crippen LogP contribution in [0.25, 0.3) is 0 Å². The number of nitrogens with zero attached hydrogens (tertiary/aromatic N) is 2. The number of rotatable bonds is 3. The second-order valence-electron chi connectivity index (χ2n) is 4.75. The number of hydrogen-bond acceptors (Lipinski definition) is 5. The van der Waals surface area contributed by atoms with E-state index in [1.54, 1.807) is 6.33 Å². The quantitative estimate of drug-likeness (QED) is 0.838. The second-order valence-corrected chi connectivity index (χ2v) is 4.75. The number of anilines is 2. The molecule has 5 heteroatoms. The van der Waals surface area contributed by atoms with Crippen molar-refractivity contribution in [1.29, 1.82) is 0 Å². The lowest BCUT2D eigenvalue weighted by Crippen LogP contribution is -2.41. The first-order valence-electron chi connectivity index (χ1n) is 5.96. The van der Waals surface area contributed by atoms with E-state index in [1.165, 1.54) is 0 Å². The van der Waals surface area contributed by atoms with Crippen LogP contribution in [0.1, 0.15) is 25.8 Å². The molecule has 1 aromatic heterocycles. The lowest BCUT2D eigenvalue weighted by atomic mass is 9.94. The van der Waals surface area contributed by atoms with Gasteiger partial charge in [0.25, 0.3) is 0 Å². The SMILES string of the molecule is CNc1ncnc(NC2(C)CCOC2C)c1C. The van der Waals surface area contributed by atoms with Gasteiger partial charge in [0.2, 0.25) is 0 Å². The summed E-state index contributed by atoms with van der Waals surface area (Å²) in [5.41, 5.74) is 0.986. The predicted molar refractivity (Wildman–Crippen MR) is 68.4 cm³/mol. The monoisotopic (exact) mass is 236 g/mol. The van der Waals surface area contributed by atoms with E-state index in [9.17, 15) is 0 Å². The first-order chi connectivity index (χ1) is 8.07. The maximum Gasteiger partial charge on any atom is 0.134 e. The molecule has 2 unspecified atom stereocenters. The maximum atomic E-state index is 5.62. The molecule has 5 nitrogen and oxygen atoms in total. The van der Waals surface area contributed by atoms with Crippen molar-refractivity contribution in [1.82, 2.24) is 9.97 Å². The maximum absolute atomic E-state index is 5.62. The first-order valence-corrected chi connectivity index (χ1v) is 5.96. The van der Waals surface area contributed by atoms with Crippen LogP contribution in [0.15, 0.2) is 6.33 Å². The van der Waals surface area contributed by atoms with E-state index in [1.807, 2.05) is 14.0 Å². The third-order valence-corrected chi connectivity index (χ3v) is 3.61. The Morgan fingerprint density at radius 2 is 2.12 bits per heavy atom. The Bertz CT molecular complexity index is 409. The Morgan fingerprint density at radius 3 is 2.71 bits per heavy atom. The van der Waals surface area contributed by atoms with E-state index >= 15 is 0 Å². The van der Waals surface area contributed by atoms with E-state index in [4.69, 9.17) is 4.74 Å². The molecule has 0 spiro atoms. The lowest BCUT2D eigenvalue weighted by molar-refractivity contribution is 0.105. The van der Waals surface area contributed by atoms with Gasteiger partial charge in [0.15, 0.2) is 0 Å². The van der Waals surface area contributed by atoms with Gasteiger partial charge in [0, 0.05) is 19.2 Å². The molecular formula is C12H20N4O. The summed E-state index contributed by atoms with van der Waals surface area (Å²) in [5, 5.41) is 6.56. The second kappa shape index (κ2) is 4.49.